The molecular weight excluding hydrogens is 633 g/mol. The Bertz CT molecular complexity index is 1800. The Morgan fingerprint density at radius 1 is 0.896 bits per heavy atom. The number of methoxy groups -OCH3 is 2. The van der Waals surface area contributed by atoms with Crippen molar-refractivity contribution in [2.45, 2.75) is 57.1 Å². The van der Waals surface area contributed by atoms with Crippen LogP contribution in [-0.4, -0.2) is 58.0 Å². The van der Waals surface area contributed by atoms with Gasteiger partial charge in [-0.1, -0.05) is 73.2 Å². The van der Waals surface area contributed by atoms with Gasteiger partial charge in [0.2, 0.25) is 11.8 Å². The van der Waals surface area contributed by atoms with E-state index >= 15 is 4.39 Å². The van der Waals surface area contributed by atoms with E-state index in [4.69, 9.17) is 9.47 Å². The first-order valence-electron chi connectivity index (χ1n) is 15.7. The number of hydrogen-bond acceptors (Lipinski definition) is 6. The third-order valence-electron chi connectivity index (χ3n) is 8.11. The van der Waals surface area contributed by atoms with Crippen LogP contribution in [0.4, 0.5) is 10.1 Å². The lowest BCUT2D eigenvalue weighted by Gasteiger charge is -2.34. The van der Waals surface area contributed by atoms with Gasteiger partial charge < -0.3 is 19.7 Å². The zero-order chi connectivity index (χ0) is 34.8. The third-order valence-corrected chi connectivity index (χ3v) is 9.89. The molecule has 0 bridgehead atoms. The van der Waals surface area contributed by atoms with Gasteiger partial charge in [-0.25, -0.2) is 12.8 Å². The number of nitrogens with zero attached hydrogens (tertiary/aromatic N) is 2. The third kappa shape index (κ3) is 8.71. The molecule has 0 saturated heterocycles. The number of ether oxygens (including phenoxy) is 2. The summed E-state index contributed by atoms with van der Waals surface area (Å²) in [6.45, 7) is 4.60. The lowest BCUT2D eigenvalue weighted by atomic mass is 10.0. The maximum Gasteiger partial charge on any atom is 0.264 e. The van der Waals surface area contributed by atoms with Gasteiger partial charge >= 0.3 is 0 Å². The second kappa shape index (κ2) is 16.3. The van der Waals surface area contributed by atoms with Gasteiger partial charge in [0, 0.05) is 30.6 Å². The summed E-state index contributed by atoms with van der Waals surface area (Å²) in [6, 6.07) is 24.7. The number of aryl methyl sites for hydroxylation is 1. The second-order valence-electron chi connectivity index (χ2n) is 11.5. The van der Waals surface area contributed by atoms with E-state index in [1.54, 1.807) is 30.3 Å². The van der Waals surface area contributed by atoms with Crippen molar-refractivity contribution in [3.8, 4) is 11.5 Å². The summed E-state index contributed by atoms with van der Waals surface area (Å²) in [5.41, 5.74) is 1.85. The van der Waals surface area contributed by atoms with E-state index in [0.29, 0.717) is 12.2 Å². The zero-order valence-corrected chi connectivity index (χ0v) is 28.7. The molecule has 0 aromatic heterocycles. The fraction of sp³-hybridized carbons (Fsp3) is 0.297. The van der Waals surface area contributed by atoms with Crippen molar-refractivity contribution in [3.05, 3.63) is 120 Å². The highest BCUT2D eigenvalue weighted by Gasteiger charge is 2.36. The van der Waals surface area contributed by atoms with E-state index in [1.165, 1.54) is 55.5 Å². The normalized spacial score (nSPS) is 12.5. The number of carbonyl (C=O) groups excluding carboxylic acids is 2. The average Bonchev–Trinajstić information content (AvgIpc) is 3.09. The van der Waals surface area contributed by atoms with Crippen LogP contribution in [0.15, 0.2) is 102 Å². The fourth-order valence-electron chi connectivity index (χ4n) is 5.15. The van der Waals surface area contributed by atoms with E-state index < -0.39 is 40.2 Å². The van der Waals surface area contributed by atoms with Gasteiger partial charge in [-0.2, -0.15) is 0 Å². The molecule has 9 nitrogen and oxygen atoms in total. The smallest absolute Gasteiger partial charge is 0.264 e. The van der Waals surface area contributed by atoms with Crippen LogP contribution in [0.1, 0.15) is 37.0 Å². The molecule has 0 aliphatic carbocycles. The SMILES string of the molecule is CC[C@H](C)NC(=O)[C@@H](Cc1ccccc1)N(Cc1ccccc1F)C(=O)CN(c1cc(OC)ccc1OC)S(=O)(=O)c1ccc(C)cc1. The highest BCUT2D eigenvalue weighted by molar-refractivity contribution is 7.92. The van der Waals surface area contributed by atoms with Crippen molar-refractivity contribution in [3.63, 3.8) is 0 Å². The fourth-order valence-corrected chi connectivity index (χ4v) is 6.56. The van der Waals surface area contributed by atoms with E-state index in [0.717, 1.165) is 15.4 Å². The molecule has 254 valence electrons. The van der Waals surface area contributed by atoms with Crippen LogP contribution in [0.25, 0.3) is 0 Å². The van der Waals surface area contributed by atoms with Crippen molar-refractivity contribution in [1.82, 2.24) is 10.2 Å². The van der Waals surface area contributed by atoms with Crippen molar-refractivity contribution in [1.29, 1.82) is 0 Å². The quantitative estimate of drug-likeness (QED) is 0.168. The van der Waals surface area contributed by atoms with Gasteiger partial charge in [0.05, 0.1) is 24.8 Å². The number of nitrogens with one attached hydrogen (secondary N) is 1. The molecule has 4 aromatic carbocycles. The van der Waals surface area contributed by atoms with Crippen LogP contribution in [0.5, 0.6) is 11.5 Å². The number of carbonyl (C=O) groups is 2. The Morgan fingerprint density at radius 3 is 2.19 bits per heavy atom. The minimum Gasteiger partial charge on any atom is -0.497 e. The number of anilines is 1. The molecule has 2 amide bonds. The summed E-state index contributed by atoms with van der Waals surface area (Å²) in [5, 5.41) is 2.97. The van der Waals surface area contributed by atoms with Gasteiger partial charge in [-0.15, -0.1) is 0 Å². The molecule has 4 aromatic rings. The van der Waals surface area contributed by atoms with Crippen LogP contribution in [0.2, 0.25) is 0 Å². The minimum atomic E-state index is -4.39. The molecule has 0 saturated carbocycles. The molecule has 4 rings (SSSR count). The summed E-state index contributed by atoms with van der Waals surface area (Å²) < 4.78 is 55.8. The summed E-state index contributed by atoms with van der Waals surface area (Å²) in [6.07, 6.45) is 0.750. The van der Waals surface area contributed by atoms with E-state index in [1.807, 2.05) is 51.1 Å². The van der Waals surface area contributed by atoms with Gasteiger partial charge in [0.15, 0.2) is 0 Å². The van der Waals surface area contributed by atoms with Crippen molar-refractivity contribution < 1.29 is 31.9 Å². The average molecular weight is 676 g/mol. The highest BCUT2D eigenvalue weighted by Crippen LogP contribution is 2.36. The Labute approximate surface area is 282 Å². The lowest BCUT2D eigenvalue weighted by molar-refractivity contribution is -0.140. The first kappa shape index (κ1) is 35.9. The van der Waals surface area contributed by atoms with Gasteiger partial charge in [0.25, 0.3) is 10.0 Å². The van der Waals surface area contributed by atoms with Crippen LogP contribution in [-0.2, 0) is 32.6 Å². The Hall–Kier alpha value is -4.90. The predicted octanol–water partition coefficient (Wildman–Crippen LogP) is 5.90. The number of halogens is 1. The van der Waals surface area contributed by atoms with Crippen LogP contribution in [0.3, 0.4) is 0 Å². The van der Waals surface area contributed by atoms with E-state index in [2.05, 4.69) is 5.32 Å². The predicted molar refractivity (Wildman–Crippen MR) is 184 cm³/mol. The van der Waals surface area contributed by atoms with Crippen LogP contribution >= 0.6 is 0 Å². The number of rotatable bonds is 15. The Balaban J connectivity index is 1.88. The molecule has 1 N–H and O–H groups in total. The number of amides is 2. The molecule has 0 aliphatic heterocycles. The number of sulfonamides is 1. The molecule has 0 radical (unpaired) electrons. The lowest BCUT2D eigenvalue weighted by Crippen LogP contribution is -2.54. The number of hydrogen-bond donors (Lipinski definition) is 1. The molecule has 2 atom stereocenters. The largest absolute Gasteiger partial charge is 0.497 e. The van der Waals surface area contributed by atoms with Gasteiger partial charge in [-0.3, -0.25) is 13.9 Å². The monoisotopic (exact) mass is 675 g/mol. The molecule has 0 spiro atoms. The first-order chi connectivity index (χ1) is 23.0. The summed E-state index contributed by atoms with van der Waals surface area (Å²) in [4.78, 5) is 29.8. The van der Waals surface area contributed by atoms with E-state index in [9.17, 15) is 18.0 Å². The molecule has 0 unspecified atom stereocenters. The number of benzene rings is 4. The zero-order valence-electron chi connectivity index (χ0n) is 27.9. The Kier molecular flexibility index (Phi) is 12.2. The van der Waals surface area contributed by atoms with Crippen molar-refractivity contribution >= 4 is 27.5 Å². The second-order valence-corrected chi connectivity index (χ2v) is 13.4. The molecule has 0 aliphatic rings. The standard InChI is InChI=1S/C37H42FN3O6S/c1-6-27(3)39-37(43)34(22-28-12-8-7-9-13-28)40(24-29-14-10-11-15-32(29)38)36(42)25-41(33-23-30(46-4)18-21-35(33)47-5)48(44,45)31-19-16-26(2)17-20-31/h7-21,23,27,34H,6,22,24-25H2,1-5H3,(H,39,43)/t27-,34+/m0/s1. The van der Waals surface area contributed by atoms with Crippen LogP contribution in [0, 0.1) is 12.7 Å². The maximum absolute atomic E-state index is 15.1. The summed E-state index contributed by atoms with van der Waals surface area (Å²) in [7, 11) is -1.56. The Morgan fingerprint density at radius 2 is 1.56 bits per heavy atom. The molecule has 11 heteroatoms. The van der Waals surface area contributed by atoms with Gasteiger partial charge in [-0.05, 0) is 56.2 Å². The van der Waals surface area contributed by atoms with E-state index in [-0.39, 0.29) is 40.9 Å². The van der Waals surface area contributed by atoms with Gasteiger partial charge in [0.1, 0.15) is 29.9 Å². The summed E-state index contributed by atoms with van der Waals surface area (Å²) in [5.74, 6) is -1.21. The topological polar surface area (TPSA) is 105 Å². The maximum atomic E-state index is 15.1. The van der Waals surface area contributed by atoms with Crippen molar-refractivity contribution in [2.75, 3.05) is 25.1 Å². The van der Waals surface area contributed by atoms with Crippen molar-refractivity contribution in [2.24, 2.45) is 0 Å². The molecule has 0 fully saturated rings. The van der Waals surface area contributed by atoms with Crippen LogP contribution < -0.4 is 19.1 Å². The first-order valence-corrected chi connectivity index (χ1v) is 17.1. The molecule has 0 heterocycles. The molecular formula is C37H42FN3O6S. The summed E-state index contributed by atoms with van der Waals surface area (Å²) >= 11 is 0. The molecule has 48 heavy (non-hydrogen) atoms. The highest BCUT2D eigenvalue weighted by atomic mass is 32.2. The minimum absolute atomic E-state index is 0.0539.